The molecule has 0 bridgehead atoms. The maximum absolute atomic E-state index is 13.3. The largest absolute Gasteiger partial charge is 0.450 e. The van der Waals surface area contributed by atoms with E-state index in [1.165, 1.54) is 4.90 Å². The van der Waals surface area contributed by atoms with Crippen LogP contribution < -0.4 is 9.80 Å². The Bertz CT molecular complexity index is 835. The van der Waals surface area contributed by atoms with E-state index in [1.54, 1.807) is 16.7 Å². The van der Waals surface area contributed by atoms with Gasteiger partial charge in [-0.25, -0.2) is 4.79 Å². The van der Waals surface area contributed by atoms with E-state index in [0.717, 1.165) is 34.3 Å². The number of hydrogen-bond donors (Lipinski definition) is 1. The van der Waals surface area contributed by atoms with E-state index in [2.05, 4.69) is 12.1 Å². The van der Waals surface area contributed by atoms with Gasteiger partial charge in [-0.3, -0.25) is 14.6 Å². The number of piperazine rings is 1. The number of quaternary nitrogens is 1. The first-order chi connectivity index (χ1) is 13.7. The number of hydrogen-bond acceptors (Lipinski definition) is 4. The summed E-state index contributed by atoms with van der Waals surface area (Å²) in [4.78, 5) is 32.1. The molecule has 6 nitrogen and oxygen atoms in total. The Morgan fingerprint density at radius 2 is 1.57 bits per heavy atom. The van der Waals surface area contributed by atoms with Gasteiger partial charge >= 0.3 is 6.09 Å². The van der Waals surface area contributed by atoms with Crippen LogP contribution in [0.25, 0.3) is 0 Å². The van der Waals surface area contributed by atoms with Gasteiger partial charge in [0.25, 0.3) is 5.91 Å². The van der Waals surface area contributed by atoms with Crippen molar-refractivity contribution in [3.05, 3.63) is 48.5 Å². The van der Waals surface area contributed by atoms with Crippen LogP contribution in [0.1, 0.15) is 6.92 Å². The summed E-state index contributed by atoms with van der Waals surface area (Å²) in [6.45, 7) is 5.33. The summed E-state index contributed by atoms with van der Waals surface area (Å²) >= 11 is 1.70. The standard InChI is InChI=1S/C21H23N3O3S/c1-2-27-21(26)23-13-11-22(12-14-23)15-20(25)24-16-7-3-5-9-18(16)28-19-10-6-4-8-17(19)24/h3-10H,2,11-15H2,1H3/p+1. The van der Waals surface area contributed by atoms with Crippen molar-refractivity contribution in [1.29, 1.82) is 0 Å². The third-order valence-electron chi connectivity index (χ3n) is 5.08. The topological polar surface area (TPSA) is 54.3 Å². The van der Waals surface area contributed by atoms with E-state index in [1.807, 2.05) is 48.2 Å². The molecule has 2 heterocycles. The van der Waals surface area contributed by atoms with Crippen LogP contribution >= 0.6 is 11.8 Å². The highest BCUT2D eigenvalue weighted by Gasteiger charge is 2.32. The van der Waals surface area contributed by atoms with Gasteiger partial charge in [-0.05, 0) is 31.2 Å². The highest BCUT2D eigenvalue weighted by molar-refractivity contribution is 7.99. The van der Waals surface area contributed by atoms with Crippen molar-refractivity contribution in [1.82, 2.24) is 4.90 Å². The van der Waals surface area contributed by atoms with E-state index in [-0.39, 0.29) is 12.0 Å². The number of ether oxygens (including phenoxy) is 1. The van der Waals surface area contributed by atoms with Gasteiger partial charge in [0, 0.05) is 9.79 Å². The minimum Gasteiger partial charge on any atom is -0.450 e. The second-order valence-corrected chi connectivity index (χ2v) is 7.96. The maximum atomic E-state index is 13.3. The molecule has 1 fully saturated rings. The number of carbonyl (C=O) groups is 2. The van der Waals surface area contributed by atoms with E-state index in [9.17, 15) is 9.59 Å². The number of carbonyl (C=O) groups excluding carboxylic acids is 2. The molecule has 2 amide bonds. The zero-order valence-corrected chi connectivity index (χ0v) is 16.7. The van der Waals surface area contributed by atoms with Crippen LogP contribution in [-0.4, -0.2) is 56.2 Å². The molecule has 2 aromatic rings. The van der Waals surface area contributed by atoms with Crippen molar-refractivity contribution in [3.8, 4) is 0 Å². The summed E-state index contributed by atoms with van der Waals surface area (Å²) in [5.74, 6) is 0.0831. The van der Waals surface area contributed by atoms with Crippen LogP contribution in [0.5, 0.6) is 0 Å². The quantitative estimate of drug-likeness (QED) is 0.861. The van der Waals surface area contributed by atoms with E-state index in [0.29, 0.717) is 26.2 Å². The molecule has 0 atom stereocenters. The van der Waals surface area contributed by atoms with E-state index < -0.39 is 0 Å². The summed E-state index contributed by atoms with van der Waals surface area (Å²) in [6, 6.07) is 16.1. The van der Waals surface area contributed by atoms with Gasteiger partial charge in [0.2, 0.25) is 0 Å². The van der Waals surface area contributed by atoms with E-state index >= 15 is 0 Å². The third-order valence-corrected chi connectivity index (χ3v) is 6.21. The lowest BCUT2D eigenvalue weighted by Gasteiger charge is -2.34. The smallest absolute Gasteiger partial charge is 0.410 e. The van der Waals surface area contributed by atoms with Crippen LogP contribution in [0.15, 0.2) is 58.3 Å². The van der Waals surface area contributed by atoms with Crippen LogP contribution in [0, 0.1) is 0 Å². The number of nitrogens with one attached hydrogen (secondary N) is 1. The maximum Gasteiger partial charge on any atom is 0.410 e. The summed E-state index contributed by atoms with van der Waals surface area (Å²) in [5.41, 5.74) is 1.89. The van der Waals surface area contributed by atoms with E-state index in [4.69, 9.17) is 4.74 Å². The zero-order valence-electron chi connectivity index (χ0n) is 15.9. The Hall–Kier alpha value is -2.51. The third kappa shape index (κ3) is 3.72. The first-order valence-corrected chi connectivity index (χ1v) is 10.4. The van der Waals surface area contributed by atoms with Gasteiger partial charge in [0.05, 0.1) is 44.2 Å². The molecule has 0 aliphatic carbocycles. The molecule has 1 N–H and O–H groups in total. The monoisotopic (exact) mass is 398 g/mol. The Morgan fingerprint density at radius 3 is 2.14 bits per heavy atom. The molecular formula is C21H24N3O3S+. The summed E-state index contributed by atoms with van der Waals surface area (Å²) in [6.07, 6.45) is -0.260. The molecule has 0 aromatic heterocycles. The second-order valence-electron chi connectivity index (χ2n) is 6.88. The van der Waals surface area contributed by atoms with Gasteiger partial charge in [-0.2, -0.15) is 0 Å². The number of fused-ring (bicyclic) bond motifs is 2. The number of rotatable bonds is 3. The minimum absolute atomic E-state index is 0.0831. The Morgan fingerprint density at radius 1 is 1.00 bits per heavy atom. The average molecular weight is 399 g/mol. The lowest BCUT2D eigenvalue weighted by atomic mass is 10.2. The number of nitrogens with zero attached hydrogens (tertiary/aromatic N) is 2. The predicted molar refractivity (Wildman–Crippen MR) is 108 cm³/mol. The van der Waals surface area contributed by atoms with Crippen molar-refractivity contribution < 1.29 is 19.2 Å². The molecule has 2 aliphatic heterocycles. The minimum atomic E-state index is -0.260. The van der Waals surface area contributed by atoms with Gasteiger partial charge in [-0.15, -0.1) is 0 Å². The van der Waals surface area contributed by atoms with Crippen LogP contribution in [0.4, 0.5) is 16.2 Å². The highest BCUT2D eigenvalue weighted by atomic mass is 32.2. The normalized spacial score (nSPS) is 16.3. The fraction of sp³-hybridized carbons (Fsp3) is 0.333. The number of para-hydroxylation sites is 2. The molecule has 4 rings (SSSR count). The Balaban J connectivity index is 1.48. The van der Waals surface area contributed by atoms with Gasteiger partial charge in [-0.1, -0.05) is 36.0 Å². The van der Waals surface area contributed by atoms with Gasteiger partial charge in [0.15, 0.2) is 6.54 Å². The lowest BCUT2D eigenvalue weighted by Crippen LogP contribution is -3.15. The van der Waals surface area contributed by atoms with Crippen molar-refractivity contribution in [2.45, 2.75) is 16.7 Å². The van der Waals surface area contributed by atoms with Crippen molar-refractivity contribution >= 4 is 35.1 Å². The number of amides is 2. The van der Waals surface area contributed by atoms with Gasteiger partial charge in [0.1, 0.15) is 0 Å². The average Bonchev–Trinajstić information content (AvgIpc) is 2.72. The molecule has 146 valence electrons. The summed E-state index contributed by atoms with van der Waals surface area (Å²) in [7, 11) is 0. The van der Waals surface area contributed by atoms with Crippen LogP contribution in [0.2, 0.25) is 0 Å². The molecule has 0 spiro atoms. The molecule has 2 aliphatic rings. The molecule has 7 heteroatoms. The summed E-state index contributed by atoms with van der Waals surface area (Å²) < 4.78 is 5.07. The second kappa shape index (κ2) is 8.24. The number of benzene rings is 2. The first kappa shape index (κ1) is 18.8. The van der Waals surface area contributed by atoms with Crippen molar-refractivity contribution in [3.63, 3.8) is 0 Å². The Kier molecular flexibility index (Phi) is 5.54. The first-order valence-electron chi connectivity index (χ1n) is 9.61. The SMILES string of the molecule is CCOC(=O)N1CC[NH+](CC(=O)N2c3ccccc3Sc3ccccc32)CC1. The molecule has 28 heavy (non-hydrogen) atoms. The Labute approximate surface area is 169 Å². The molecular weight excluding hydrogens is 374 g/mol. The van der Waals surface area contributed by atoms with Crippen LogP contribution in [0.3, 0.4) is 0 Å². The molecule has 0 radical (unpaired) electrons. The van der Waals surface area contributed by atoms with Gasteiger partial charge < -0.3 is 9.64 Å². The molecule has 1 saturated heterocycles. The predicted octanol–water partition coefficient (Wildman–Crippen LogP) is 2.17. The van der Waals surface area contributed by atoms with Crippen molar-refractivity contribution in [2.75, 3.05) is 44.2 Å². The zero-order chi connectivity index (χ0) is 19.5. The fourth-order valence-corrected chi connectivity index (χ4v) is 4.72. The fourth-order valence-electron chi connectivity index (χ4n) is 3.66. The highest BCUT2D eigenvalue weighted by Crippen LogP contribution is 2.47. The molecule has 0 saturated carbocycles. The molecule has 0 unspecified atom stereocenters. The lowest BCUT2D eigenvalue weighted by molar-refractivity contribution is -0.895. The summed E-state index contributed by atoms with van der Waals surface area (Å²) in [5, 5.41) is 0. The van der Waals surface area contributed by atoms with Crippen LogP contribution in [-0.2, 0) is 9.53 Å². The number of anilines is 2. The van der Waals surface area contributed by atoms with Crippen molar-refractivity contribution in [2.24, 2.45) is 0 Å². The molecule has 2 aromatic carbocycles.